The first-order valence-corrected chi connectivity index (χ1v) is 6.79. The smallest absolute Gasteiger partial charge is 0.269 e. The highest BCUT2D eigenvalue weighted by Gasteiger charge is 2.09. The standard InChI is InChI=1S/C15H16ClN3O2/c1-18(2)13-5-3-12(4-6-13)17-10-11-9-14(19(20)21)7-8-15(11)16/h3-9,17H,10H2,1-2H3. The van der Waals surface area contributed by atoms with Gasteiger partial charge >= 0.3 is 0 Å². The quantitative estimate of drug-likeness (QED) is 0.672. The number of hydrogen-bond acceptors (Lipinski definition) is 4. The fourth-order valence-corrected chi connectivity index (χ4v) is 2.07. The Hall–Kier alpha value is -2.27. The molecule has 110 valence electrons. The molecule has 0 saturated carbocycles. The average molecular weight is 306 g/mol. The first kappa shape index (κ1) is 15.1. The summed E-state index contributed by atoms with van der Waals surface area (Å²) in [7, 11) is 3.95. The highest BCUT2D eigenvalue weighted by atomic mass is 35.5. The van der Waals surface area contributed by atoms with E-state index in [4.69, 9.17) is 11.6 Å². The molecule has 5 nitrogen and oxygen atoms in total. The zero-order valence-electron chi connectivity index (χ0n) is 11.8. The van der Waals surface area contributed by atoms with E-state index >= 15 is 0 Å². The molecule has 0 atom stereocenters. The van der Waals surface area contributed by atoms with Crippen LogP contribution >= 0.6 is 11.6 Å². The Labute approximate surface area is 128 Å². The second kappa shape index (κ2) is 6.45. The number of hydrogen-bond donors (Lipinski definition) is 1. The minimum Gasteiger partial charge on any atom is -0.381 e. The number of benzene rings is 2. The van der Waals surface area contributed by atoms with Gasteiger partial charge in [-0.05, 0) is 35.9 Å². The van der Waals surface area contributed by atoms with Crippen molar-refractivity contribution in [1.82, 2.24) is 0 Å². The third kappa shape index (κ3) is 3.86. The summed E-state index contributed by atoms with van der Waals surface area (Å²) >= 11 is 6.06. The van der Waals surface area contributed by atoms with Crippen molar-refractivity contribution in [2.45, 2.75) is 6.54 Å². The van der Waals surface area contributed by atoms with E-state index in [2.05, 4.69) is 5.32 Å². The molecule has 0 bridgehead atoms. The molecule has 0 fully saturated rings. The molecule has 2 aromatic carbocycles. The van der Waals surface area contributed by atoms with Gasteiger partial charge in [-0.1, -0.05) is 11.6 Å². The molecule has 0 aliphatic rings. The van der Waals surface area contributed by atoms with Gasteiger partial charge in [-0.15, -0.1) is 0 Å². The van der Waals surface area contributed by atoms with Gasteiger partial charge in [-0.2, -0.15) is 0 Å². The SMILES string of the molecule is CN(C)c1ccc(NCc2cc([N+](=O)[O-])ccc2Cl)cc1. The fourth-order valence-electron chi connectivity index (χ4n) is 1.88. The second-order valence-electron chi connectivity index (χ2n) is 4.83. The molecule has 0 unspecified atom stereocenters. The Bertz CT molecular complexity index is 642. The number of anilines is 2. The zero-order chi connectivity index (χ0) is 15.4. The molecule has 0 aliphatic heterocycles. The maximum atomic E-state index is 10.8. The summed E-state index contributed by atoms with van der Waals surface area (Å²) in [5.41, 5.74) is 2.78. The molecule has 2 rings (SSSR count). The summed E-state index contributed by atoms with van der Waals surface area (Å²) in [6.07, 6.45) is 0. The molecule has 6 heteroatoms. The lowest BCUT2D eigenvalue weighted by Gasteiger charge is -2.13. The molecule has 0 saturated heterocycles. The van der Waals surface area contributed by atoms with E-state index in [1.807, 2.05) is 43.3 Å². The Morgan fingerprint density at radius 2 is 1.86 bits per heavy atom. The van der Waals surface area contributed by atoms with Crippen LogP contribution in [0.15, 0.2) is 42.5 Å². The van der Waals surface area contributed by atoms with E-state index in [0.717, 1.165) is 11.4 Å². The molecule has 0 aliphatic carbocycles. The van der Waals surface area contributed by atoms with Crippen molar-refractivity contribution in [1.29, 1.82) is 0 Å². The van der Waals surface area contributed by atoms with Crippen LogP contribution in [0.3, 0.4) is 0 Å². The molecule has 0 heterocycles. The van der Waals surface area contributed by atoms with Crippen molar-refractivity contribution in [3.05, 3.63) is 63.2 Å². The number of halogens is 1. The maximum Gasteiger partial charge on any atom is 0.269 e. The number of nitrogens with one attached hydrogen (secondary N) is 1. The van der Waals surface area contributed by atoms with E-state index < -0.39 is 4.92 Å². The monoisotopic (exact) mass is 305 g/mol. The first-order chi connectivity index (χ1) is 9.97. The van der Waals surface area contributed by atoms with E-state index in [1.165, 1.54) is 12.1 Å². The number of nitro benzene ring substituents is 1. The molecule has 21 heavy (non-hydrogen) atoms. The Morgan fingerprint density at radius 1 is 1.19 bits per heavy atom. The van der Waals surface area contributed by atoms with E-state index in [1.54, 1.807) is 6.07 Å². The summed E-state index contributed by atoms with van der Waals surface area (Å²) in [4.78, 5) is 12.4. The fraction of sp³-hybridized carbons (Fsp3) is 0.200. The lowest BCUT2D eigenvalue weighted by Crippen LogP contribution is -2.08. The Morgan fingerprint density at radius 3 is 2.43 bits per heavy atom. The van der Waals surface area contributed by atoms with Crippen molar-refractivity contribution in [2.24, 2.45) is 0 Å². The summed E-state index contributed by atoms with van der Waals surface area (Å²) in [6.45, 7) is 0.432. The lowest BCUT2D eigenvalue weighted by atomic mass is 10.2. The van der Waals surface area contributed by atoms with Crippen LogP contribution < -0.4 is 10.2 Å². The van der Waals surface area contributed by atoms with E-state index in [9.17, 15) is 10.1 Å². The predicted molar refractivity (Wildman–Crippen MR) is 86.2 cm³/mol. The lowest BCUT2D eigenvalue weighted by molar-refractivity contribution is -0.384. The van der Waals surface area contributed by atoms with Gasteiger partial charge in [0.15, 0.2) is 0 Å². The van der Waals surface area contributed by atoms with Crippen LogP contribution in [0.2, 0.25) is 5.02 Å². The molecule has 0 aromatic heterocycles. The van der Waals surface area contributed by atoms with Crippen LogP contribution in [-0.4, -0.2) is 19.0 Å². The van der Waals surface area contributed by atoms with Gasteiger partial charge < -0.3 is 10.2 Å². The van der Waals surface area contributed by atoms with Crippen molar-refractivity contribution < 1.29 is 4.92 Å². The number of non-ortho nitro benzene ring substituents is 1. The molecule has 0 radical (unpaired) electrons. The largest absolute Gasteiger partial charge is 0.381 e. The van der Waals surface area contributed by atoms with E-state index in [-0.39, 0.29) is 5.69 Å². The molecule has 0 amide bonds. The molecule has 2 aromatic rings. The number of nitrogens with zero attached hydrogens (tertiary/aromatic N) is 2. The van der Waals surface area contributed by atoms with Gasteiger partial charge in [-0.3, -0.25) is 10.1 Å². The number of rotatable bonds is 5. The minimum atomic E-state index is -0.425. The van der Waals surface area contributed by atoms with Crippen LogP contribution in [0.4, 0.5) is 17.1 Å². The van der Waals surface area contributed by atoms with Crippen LogP contribution in [0.25, 0.3) is 0 Å². The minimum absolute atomic E-state index is 0.0409. The van der Waals surface area contributed by atoms with Gasteiger partial charge in [0.2, 0.25) is 0 Å². The van der Waals surface area contributed by atoms with Crippen molar-refractivity contribution in [3.63, 3.8) is 0 Å². The Balaban J connectivity index is 2.09. The van der Waals surface area contributed by atoms with Crippen molar-refractivity contribution in [2.75, 3.05) is 24.3 Å². The normalized spacial score (nSPS) is 10.2. The topological polar surface area (TPSA) is 58.4 Å². The van der Waals surface area contributed by atoms with Gasteiger partial charge in [0.05, 0.1) is 4.92 Å². The molecule has 0 spiro atoms. The van der Waals surface area contributed by atoms with Gasteiger partial charge in [-0.25, -0.2) is 0 Å². The van der Waals surface area contributed by atoms with Gasteiger partial charge in [0.25, 0.3) is 5.69 Å². The third-order valence-corrected chi connectivity index (χ3v) is 3.48. The summed E-state index contributed by atoms with van der Waals surface area (Å²) < 4.78 is 0. The summed E-state index contributed by atoms with van der Waals surface area (Å²) in [5.74, 6) is 0. The zero-order valence-corrected chi connectivity index (χ0v) is 12.6. The number of nitro groups is 1. The highest BCUT2D eigenvalue weighted by Crippen LogP contribution is 2.23. The third-order valence-electron chi connectivity index (χ3n) is 3.11. The van der Waals surface area contributed by atoms with Crippen molar-refractivity contribution in [3.8, 4) is 0 Å². The second-order valence-corrected chi connectivity index (χ2v) is 5.23. The molecular weight excluding hydrogens is 290 g/mol. The van der Waals surface area contributed by atoms with Gasteiger partial charge in [0.1, 0.15) is 0 Å². The van der Waals surface area contributed by atoms with Crippen LogP contribution in [0.1, 0.15) is 5.56 Å². The highest BCUT2D eigenvalue weighted by molar-refractivity contribution is 6.31. The van der Waals surface area contributed by atoms with Crippen LogP contribution in [-0.2, 0) is 6.54 Å². The predicted octanol–water partition coefficient (Wildman–Crippen LogP) is 3.93. The van der Waals surface area contributed by atoms with Crippen molar-refractivity contribution >= 4 is 28.7 Å². The summed E-state index contributed by atoms with van der Waals surface area (Å²) in [6, 6.07) is 12.4. The van der Waals surface area contributed by atoms with E-state index in [0.29, 0.717) is 17.1 Å². The molecular formula is C15H16ClN3O2. The first-order valence-electron chi connectivity index (χ1n) is 6.41. The average Bonchev–Trinajstić information content (AvgIpc) is 2.46. The van der Waals surface area contributed by atoms with Gasteiger partial charge in [0, 0.05) is 49.2 Å². The van der Waals surface area contributed by atoms with Crippen LogP contribution in [0, 0.1) is 10.1 Å². The van der Waals surface area contributed by atoms with Crippen LogP contribution in [0.5, 0.6) is 0 Å². The molecule has 1 N–H and O–H groups in total. The summed E-state index contributed by atoms with van der Waals surface area (Å²) in [5, 5.41) is 14.5. The Kier molecular flexibility index (Phi) is 4.65. The maximum absolute atomic E-state index is 10.8.